The van der Waals surface area contributed by atoms with Crippen molar-refractivity contribution >= 4 is 42.7 Å². The predicted molar refractivity (Wildman–Crippen MR) is 183 cm³/mol. The van der Waals surface area contributed by atoms with Crippen molar-refractivity contribution in [2.45, 2.75) is 94.5 Å². The minimum absolute atomic E-state index is 0.0140. The molecule has 0 spiro atoms. The summed E-state index contributed by atoms with van der Waals surface area (Å²) >= 11 is 1.46. The Bertz CT molecular complexity index is 1660. The number of aromatic nitrogens is 1. The number of nitrogens with one attached hydrogen (secondary N) is 1. The van der Waals surface area contributed by atoms with Crippen molar-refractivity contribution < 1.29 is 27.8 Å². The third kappa shape index (κ3) is 7.39. The molecule has 11 heteroatoms. The van der Waals surface area contributed by atoms with E-state index in [4.69, 9.17) is 9.47 Å². The number of hydrogen-bond acceptors (Lipinski definition) is 9. The molecular formula is C36H47N3O6S2. The van der Waals surface area contributed by atoms with Crippen molar-refractivity contribution in [1.82, 2.24) is 9.29 Å². The Morgan fingerprint density at radius 3 is 2.62 bits per heavy atom. The van der Waals surface area contributed by atoms with Gasteiger partial charge in [-0.2, -0.15) is 4.31 Å². The van der Waals surface area contributed by atoms with Gasteiger partial charge in [0.1, 0.15) is 6.10 Å². The molecule has 2 heterocycles. The van der Waals surface area contributed by atoms with Crippen molar-refractivity contribution in [3.63, 3.8) is 0 Å². The summed E-state index contributed by atoms with van der Waals surface area (Å²) in [5.74, 6) is 0.234. The number of rotatable bonds is 14. The molecule has 254 valence electrons. The average Bonchev–Trinajstić information content (AvgIpc) is 3.70. The van der Waals surface area contributed by atoms with Gasteiger partial charge in [0, 0.05) is 31.0 Å². The van der Waals surface area contributed by atoms with E-state index in [1.807, 2.05) is 44.2 Å². The summed E-state index contributed by atoms with van der Waals surface area (Å²) in [6, 6.07) is 15.3. The van der Waals surface area contributed by atoms with Gasteiger partial charge in [-0.05, 0) is 86.5 Å². The maximum Gasteiger partial charge on any atom is 0.306 e. The van der Waals surface area contributed by atoms with E-state index in [0.29, 0.717) is 30.9 Å². The lowest BCUT2D eigenvalue weighted by Crippen LogP contribution is -2.44. The van der Waals surface area contributed by atoms with E-state index < -0.39 is 22.0 Å². The largest absolute Gasteiger partial charge is 0.462 e. The third-order valence-electron chi connectivity index (χ3n) is 10.6. The van der Waals surface area contributed by atoms with E-state index >= 15 is 0 Å². The van der Waals surface area contributed by atoms with Crippen LogP contribution in [-0.4, -0.2) is 72.8 Å². The third-order valence-corrected chi connectivity index (χ3v) is 13.3. The van der Waals surface area contributed by atoms with E-state index in [2.05, 4.69) is 10.3 Å². The topological polar surface area (TPSA) is 118 Å². The summed E-state index contributed by atoms with van der Waals surface area (Å²) in [6.07, 6.45) is 6.00. The Hall–Kier alpha value is -2.57. The van der Waals surface area contributed by atoms with Crippen LogP contribution in [0.25, 0.3) is 10.2 Å². The number of fused-ring (bicyclic) bond motifs is 3. The minimum Gasteiger partial charge on any atom is -0.462 e. The summed E-state index contributed by atoms with van der Waals surface area (Å²) < 4.78 is 42.9. The van der Waals surface area contributed by atoms with Crippen molar-refractivity contribution in [2.75, 3.05) is 25.0 Å². The number of benzene rings is 2. The number of thiazole rings is 1. The molecule has 7 atom stereocenters. The standard InChI is InChI=1S/C36H47N3O6S2/c1-22(2)19-39(47(42,43)27-12-14-30-33(18-27)46-36(38-30)37-26-10-11-26)20-31(40)25(16-23-6-4-3-5-7-23)17-34(41)45-35-24-8-13-28-29(35)21-44-32(28)15-9-24/h3-7,12,14,18,22,24-26,28-29,31-32,35,40H,8-11,13,15-17,19-21H2,1-2H3,(H,37,38)/t24?,25-,28?,29?,31-,32?,35?/m1/s1. The number of nitrogens with zero attached hydrogens (tertiary/aromatic N) is 2. The Balaban J connectivity index is 1.09. The van der Waals surface area contributed by atoms with Crippen LogP contribution in [0.1, 0.15) is 64.4 Å². The smallest absolute Gasteiger partial charge is 0.306 e. The van der Waals surface area contributed by atoms with Crippen LogP contribution in [0.2, 0.25) is 0 Å². The van der Waals surface area contributed by atoms with Crippen molar-refractivity contribution in [3.8, 4) is 0 Å². The van der Waals surface area contributed by atoms with Crippen molar-refractivity contribution in [3.05, 3.63) is 54.1 Å². The molecule has 8 rings (SSSR count). The van der Waals surface area contributed by atoms with Crippen LogP contribution in [0.3, 0.4) is 0 Å². The van der Waals surface area contributed by atoms with Crippen LogP contribution in [-0.2, 0) is 30.7 Å². The highest BCUT2D eigenvalue weighted by atomic mass is 32.2. The number of anilines is 1. The van der Waals surface area contributed by atoms with Crippen LogP contribution in [0, 0.1) is 29.6 Å². The first-order valence-electron chi connectivity index (χ1n) is 17.3. The van der Waals surface area contributed by atoms with Gasteiger partial charge < -0.3 is 19.9 Å². The fourth-order valence-corrected chi connectivity index (χ4v) is 10.7. The molecule has 47 heavy (non-hydrogen) atoms. The number of carbonyl (C=O) groups is 1. The van der Waals surface area contributed by atoms with Crippen LogP contribution < -0.4 is 5.32 Å². The molecule has 5 fully saturated rings. The van der Waals surface area contributed by atoms with Gasteiger partial charge in [-0.25, -0.2) is 13.4 Å². The summed E-state index contributed by atoms with van der Waals surface area (Å²) in [7, 11) is -3.96. The van der Waals surface area contributed by atoms with E-state index in [1.54, 1.807) is 18.2 Å². The predicted octanol–water partition coefficient (Wildman–Crippen LogP) is 5.87. The van der Waals surface area contributed by atoms with Gasteiger partial charge in [0.25, 0.3) is 0 Å². The lowest BCUT2D eigenvalue weighted by molar-refractivity contribution is -0.161. The van der Waals surface area contributed by atoms with Crippen molar-refractivity contribution in [1.29, 1.82) is 0 Å². The fourth-order valence-electron chi connectivity index (χ4n) is 7.97. The number of ether oxygens (including phenoxy) is 2. The number of carbonyl (C=O) groups excluding carboxylic acids is 1. The lowest BCUT2D eigenvalue weighted by Gasteiger charge is -2.37. The minimum atomic E-state index is -3.96. The molecule has 9 nitrogen and oxygen atoms in total. The van der Waals surface area contributed by atoms with E-state index in [0.717, 1.165) is 59.4 Å². The highest BCUT2D eigenvalue weighted by Crippen LogP contribution is 2.49. The zero-order chi connectivity index (χ0) is 32.7. The van der Waals surface area contributed by atoms with Gasteiger partial charge in [0.05, 0.1) is 40.3 Å². The Morgan fingerprint density at radius 1 is 1.06 bits per heavy atom. The number of aliphatic hydroxyl groups excluding tert-OH is 1. The first kappa shape index (κ1) is 33.0. The normalized spacial score (nSPS) is 26.9. The fraction of sp³-hybridized carbons (Fsp3) is 0.611. The number of hydrogen-bond donors (Lipinski definition) is 2. The Kier molecular flexibility index (Phi) is 9.63. The number of esters is 1. The molecule has 2 aromatic carbocycles. The maximum atomic E-state index is 14.2. The van der Waals surface area contributed by atoms with Crippen LogP contribution in [0.4, 0.5) is 5.13 Å². The quantitative estimate of drug-likeness (QED) is 0.203. The van der Waals surface area contributed by atoms with Gasteiger partial charge in [-0.3, -0.25) is 4.79 Å². The highest BCUT2D eigenvalue weighted by Gasteiger charge is 2.51. The zero-order valence-corrected chi connectivity index (χ0v) is 28.9. The molecule has 2 N–H and O–H groups in total. The monoisotopic (exact) mass is 681 g/mol. The van der Waals surface area contributed by atoms with Gasteiger partial charge >= 0.3 is 5.97 Å². The molecule has 4 aliphatic carbocycles. The second-order valence-electron chi connectivity index (χ2n) is 14.6. The summed E-state index contributed by atoms with van der Waals surface area (Å²) in [5.41, 5.74) is 1.74. The molecule has 3 aromatic rings. The van der Waals surface area contributed by atoms with Crippen LogP contribution >= 0.6 is 11.3 Å². The zero-order valence-electron chi connectivity index (χ0n) is 27.3. The van der Waals surface area contributed by atoms with Gasteiger partial charge in [0.2, 0.25) is 10.0 Å². The highest BCUT2D eigenvalue weighted by molar-refractivity contribution is 7.89. The molecule has 0 radical (unpaired) electrons. The van der Waals surface area contributed by atoms with Gasteiger partial charge in [-0.1, -0.05) is 55.5 Å². The average molecular weight is 682 g/mol. The number of aliphatic hydroxyl groups is 1. The van der Waals surface area contributed by atoms with E-state index in [9.17, 15) is 18.3 Å². The first-order valence-corrected chi connectivity index (χ1v) is 19.6. The molecule has 1 aromatic heterocycles. The number of sulfonamides is 1. The SMILES string of the molecule is CC(C)CN(C[C@@H](O)[C@@H](CC(=O)OC1C2CCC3OCC1C3CC2)Cc1ccccc1)S(=O)(=O)c1ccc2nc(NC3CC3)sc2c1. The molecule has 1 saturated heterocycles. The maximum absolute atomic E-state index is 14.2. The van der Waals surface area contributed by atoms with E-state index in [-0.39, 0.29) is 54.4 Å². The van der Waals surface area contributed by atoms with Gasteiger partial charge in [-0.15, -0.1) is 0 Å². The first-order chi connectivity index (χ1) is 22.6. The second kappa shape index (κ2) is 13.7. The Morgan fingerprint density at radius 2 is 1.85 bits per heavy atom. The van der Waals surface area contributed by atoms with Crippen LogP contribution in [0.15, 0.2) is 53.4 Å². The van der Waals surface area contributed by atoms with Gasteiger partial charge in [0.15, 0.2) is 5.13 Å². The van der Waals surface area contributed by atoms with Crippen molar-refractivity contribution in [2.24, 2.45) is 29.6 Å². The molecule has 4 bridgehead atoms. The van der Waals surface area contributed by atoms with Crippen LogP contribution in [0.5, 0.6) is 0 Å². The molecule has 5 unspecified atom stereocenters. The van der Waals surface area contributed by atoms with E-state index in [1.165, 1.54) is 15.6 Å². The molecule has 1 aliphatic heterocycles. The lowest BCUT2D eigenvalue weighted by atomic mass is 9.74. The molecular weight excluding hydrogens is 635 g/mol. The summed E-state index contributed by atoms with van der Waals surface area (Å²) in [6.45, 7) is 4.70. The summed E-state index contributed by atoms with van der Waals surface area (Å²) in [4.78, 5) is 18.5. The molecule has 5 aliphatic rings. The molecule has 0 amide bonds. The second-order valence-corrected chi connectivity index (χ2v) is 17.5. The Labute approximate surface area is 282 Å². The molecule has 4 saturated carbocycles. The summed E-state index contributed by atoms with van der Waals surface area (Å²) in [5, 5.41) is 16.0.